The first kappa shape index (κ1) is 13.6. The molecular formula is C7H7F6N3O. The third-order valence-electron chi connectivity index (χ3n) is 2.02. The van der Waals surface area contributed by atoms with Gasteiger partial charge in [-0.3, -0.25) is 4.79 Å². The molecule has 0 saturated carbocycles. The van der Waals surface area contributed by atoms with Crippen molar-refractivity contribution >= 4 is 11.7 Å². The van der Waals surface area contributed by atoms with E-state index in [9.17, 15) is 31.1 Å². The Labute approximate surface area is 91.3 Å². The van der Waals surface area contributed by atoms with Crippen molar-refractivity contribution in [2.75, 3.05) is 14.1 Å². The second-order valence-electron chi connectivity index (χ2n) is 3.49. The smallest absolute Gasteiger partial charge is 0.358 e. The number of aliphatic imine (C=N–C) groups is 1. The molecule has 0 aromatic heterocycles. The minimum atomic E-state index is -5.77. The normalized spacial score (nSPS) is 20.0. The molecule has 1 amide bonds. The van der Waals surface area contributed by atoms with Crippen LogP contribution in [0.3, 0.4) is 0 Å². The molecule has 0 aromatic carbocycles. The number of hydrogen-bond donors (Lipinski definition) is 1. The molecule has 98 valence electrons. The van der Waals surface area contributed by atoms with E-state index in [1.807, 2.05) is 0 Å². The summed E-state index contributed by atoms with van der Waals surface area (Å²) in [7, 11) is 2.22. The number of carbonyl (C=O) groups is 1. The molecule has 0 fully saturated rings. The molecule has 1 rings (SSSR count). The van der Waals surface area contributed by atoms with Crippen molar-refractivity contribution in [2.24, 2.45) is 4.99 Å². The quantitative estimate of drug-likeness (QED) is 0.660. The average molecular weight is 263 g/mol. The lowest BCUT2D eigenvalue weighted by Gasteiger charge is -2.30. The molecule has 10 heteroatoms. The number of amidine groups is 1. The summed E-state index contributed by atoms with van der Waals surface area (Å²) >= 11 is 0. The molecule has 17 heavy (non-hydrogen) atoms. The summed E-state index contributed by atoms with van der Waals surface area (Å²) in [4.78, 5) is 14.3. The van der Waals surface area contributed by atoms with Gasteiger partial charge in [-0.05, 0) is 0 Å². The number of nitrogens with zero attached hydrogens (tertiary/aromatic N) is 2. The lowest BCUT2D eigenvalue weighted by molar-refractivity contribution is -0.300. The molecule has 0 bridgehead atoms. The summed E-state index contributed by atoms with van der Waals surface area (Å²) in [5.41, 5.74) is -4.56. The number of hydrogen-bond acceptors (Lipinski definition) is 3. The summed E-state index contributed by atoms with van der Waals surface area (Å²) < 4.78 is 74.8. The van der Waals surface area contributed by atoms with E-state index in [0.717, 1.165) is 24.3 Å². The summed E-state index contributed by atoms with van der Waals surface area (Å²) in [5.74, 6) is -2.45. The first-order valence-electron chi connectivity index (χ1n) is 4.15. The van der Waals surface area contributed by atoms with Crippen molar-refractivity contribution in [2.45, 2.75) is 18.0 Å². The number of carbonyl (C=O) groups excluding carboxylic acids is 1. The van der Waals surface area contributed by atoms with Crippen molar-refractivity contribution < 1.29 is 31.1 Å². The Kier molecular flexibility index (Phi) is 2.80. The summed E-state index contributed by atoms with van der Waals surface area (Å²) in [6, 6.07) is 0. The Morgan fingerprint density at radius 3 is 1.71 bits per heavy atom. The lowest BCUT2D eigenvalue weighted by Crippen LogP contribution is -2.63. The van der Waals surface area contributed by atoms with Crippen LogP contribution in [0.15, 0.2) is 4.99 Å². The van der Waals surface area contributed by atoms with E-state index in [2.05, 4.69) is 4.99 Å². The Morgan fingerprint density at radius 2 is 1.53 bits per heavy atom. The summed E-state index contributed by atoms with van der Waals surface area (Å²) in [6.45, 7) is 0. The number of alkyl halides is 6. The minimum Gasteiger partial charge on any atom is -0.358 e. The molecule has 4 nitrogen and oxygen atoms in total. The molecule has 0 aliphatic carbocycles. The lowest BCUT2D eigenvalue weighted by atomic mass is 10.1. The number of nitrogens with one attached hydrogen (secondary N) is 1. The van der Waals surface area contributed by atoms with Crippen LogP contribution < -0.4 is 5.32 Å². The highest BCUT2D eigenvalue weighted by Gasteiger charge is 2.75. The zero-order chi connectivity index (χ0) is 13.6. The molecule has 0 unspecified atom stereocenters. The predicted molar refractivity (Wildman–Crippen MR) is 44.1 cm³/mol. The van der Waals surface area contributed by atoms with Crippen LogP contribution in [-0.2, 0) is 4.79 Å². The van der Waals surface area contributed by atoms with Crippen molar-refractivity contribution in [3.05, 3.63) is 0 Å². The van der Waals surface area contributed by atoms with Crippen LogP contribution in [0.25, 0.3) is 0 Å². The molecule has 0 radical (unpaired) electrons. The van der Waals surface area contributed by atoms with Gasteiger partial charge in [-0.25, -0.2) is 4.99 Å². The fourth-order valence-corrected chi connectivity index (χ4v) is 1.19. The van der Waals surface area contributed by atoms with Gasteiger partial charge in [0.1, 0.15) is 0 Å². The van der Waals surface area contributed by atoms with Gasteiger partial charge in [0.25, 0.3) is 5.91 Å². The zero-order valence-electron chi connectivity index (χ0n) is 8.57. The molecular weight excluding hydrogens is 256 g/mol. The highest BCUT2D eigenvalue weighted by Crippen LogP contribution is 2.45. The fourth-order valence-electron chi connectivity index (χ4n) is 1.19. The number of amides is 1. The van der Waals surface area contributed by atoms with Crippen molar-refractivity contribution in [1.82, 2.24) is 10.2 Å². The maximum absolute atomic E-state index is 12.5. The molecule has 0 saturated heterocycles. The van der Waals surface area contributed by atoms with E-state index in [1.165, 1.54) is 0 Å². The summed E-state index contributed by atoms with van der Waals surface area (Å²) in [6.07, 6.45) is -11.5. The van der Waals surface area contributed by atoms with E-state index in [1.54, 1.807) is 0 Å². The Balaban J connectivity index is 3.37. The Morgan fingerprint density at radius 1 is 1.12 bits per heavy atom. The average Bonchev–Trinajstić information content (AvgIpc) is 2.41. The topological polar surface area (TPSA) is 44.7 Å². The first-order chi connectivity index (χ1) is 7.42. The second kappa shape index (κ2) is 3.50. The minimum absolute atomic E-state index is 0.772. The molecule has 1 N–H and O–H groups in total. The van der Waals surface area contributed by atoms with Gasteiger partial charge in [0.15, 0.2) is 5.84 Å². The largest absolute Gasteiger partial charge is 0.441 e. The van der Waals surface area contributed by atoms with Gasteiger partial charge >= 0.3 is 18.0 Å². The molecule has 1 aliphatic rings. The first-order valence-corrected chi connectivity index (χ1v) is 4.15. The van der Waals surface area contributed by atoms with Crippen molar-refractivity contribution in [3.63, 3.8) is 0 Å². The van der Waals surface area contributed by atoms with E-state index in [-0.39, 0.29) is 0 Å². The molecule has 0 aromatic rings. The van der Waals surface area contributed by atoms with E-state index in [0.29, 0.717) is 0 Å². The molecule has 0 spiro atoms. The highest BCUT2D eigenvalue weighted by molar-refractivity contribution is 6.39. The zero-order valence-corrected chi connectivity index (χ0v) is 8.57. The van der Waals surface area contributed by atoms with Gasteiger partial charge in [-0.2, -0.15) is 26.3 Å². The fraction of sp³-hybridized carbons (Fsp3) is 0.714. The van der Waals surface area contributed by atoms with Gasteiger partial charge < -0.3 is 10.2 Å². The monoisotopic (exact) mass is 263 g/mol. The van der Waals surface area contributed by atoms with Crippen LogP contribution in [0, 0.1) is 0 Å². The number of halogens is 6. The second-order valence-corrected chi connectivity index (χ2v) is 3.49. The number of rotatable bonds is 0. The molecule has 1 aliphatic heterocycles. The van der Waals surface area contributed by atoms with Gasteiger partial charge in [-0.15, -0.1) is 0 Å². The van der Waals surface area contributed by atoms with Gasteiger partial charge in [0, 0.05) is 14.1 Å². The van der Waals surface area contributed by atoms with Crippen LogP contribution in [0.5, 0.6) is 0 Å². The van der Waals surface area contributed by atoms with E-state index in [4.69, 9.17) is 0 Å². The maximum atomic E-state index is 12.5. The third-order valence-corrected chi connectivity index (χ3v) is 2.02. The van der Waals surface area contributed by atoms with E-state index < -0.39 is 29.8 Å². The number of likely N-dealkylation sites (N-methyl/N-ethyl adjacent to an activating group) is 1. The van der Waals surface area contributed by atoms with E-state index >= 15 is 0 Å². The van der Waals surface area contributed by atoms with Crippen LogP contribution in [0.2, 0.25) is 0 Å². The summed E-state index contributed by atoms with van der Waals surface area (Å²) in [5, 5.41) is 0.844. The molecule has 1 heterocycles. The van der Waals surface area contributed by atoms with Crippen LogP contribution in [0.1, 0.15) is 0 Å². The van der Waals surface area contributed by atoms with Crippen LogP contribution >= 0.6 is 0 Å². The maximum Gasteiger partial charge on any atom is 0.441 e. The van der Waals surface area contributed by atoms with Crippen molar-refractivity contribution in [3.8, 4) is 0 Å². The highest BCUT2D eigenvalue weighted by atomic mass is 19.4. The van der Waals surface area contributed by atoms with Crippen LogP contribution in [-0.4, -0.2) is 48.8 Å². The predicted octanol–water partition coefficient (Wildman–Crippen LogP) is 0.897. The van der Waals surface area contributed by atoms with Gasteiger partial charge in [-0.1, -0.05) is 0 Å². The Bertz CT molecular complexity index is 355. The third kappa shape index (κ3) is 1.91. The standard InChI is InChI=1S/C7H7F6N3O/c1-16(2)3-4(17)15-5(14-3,6(8,9)10)7(11,12)13/h1-2H3,(H,15,17). The van der Waals surface area contributed by atoms with Gasteiger partial charge in [0.05, 0.1) is 0 Å². The van der Waals surface area contributed by atoms with Gasteiger partial charge in [0.2, 0.25) is 0 Å². The Hall–Kier alpha value is -1.48. The van der Waals surface area contributed by atoms with Crippen molar-refractivity contribution in [1.29, 1.82) is 0 Å². The SMILES string of the molecule is CN(C)C1=NC(C(F)(F)F)(C(F)(F)F)NC1=O. The molecule has 0 atom stereocenters. The van der Waals surface area contributed by atoms with Crippen LogP contribution in [0.4, 0.5) is 26.3 Å².